The molecule has 0 saturated carbocycles. The summed E-state index contributed by atoms with van der Waals surface area (Å²) in [5.41, 5.74) is 0.527. The second kappa shape index (κ2) is 6.31. The molecular weight excluding hydrogens is 313 g/mol. The normalized spacial score (nSPS) is 12.3. The predicted octanol–water partition coefficient (Wildman–Crippen LogP) is 1.98. The first-order chi connectivity index (χ1) is 11.5. The first-order valence-electron chi connectivity index (χ1n) is 7.48. The van der Waals surface area contributed by atoms with Gasteiger partial charge >= 0.3 is 0 Å². The molecule has 0 aliphatic heterocycles. The summed E-state index contributed by atoms with van der Waals surface area (Å²) in [4.78, 5) is 15.1. The highest BCUT2D eigenvalue weighted by Crippen LogP contribution is 2.28. The molecule has 3 aromatic rings. The van der Waals surface area contributed by atoms with Gasteiger partial charge in [0.25, 0.3) is 5.91 Å². The Kier molecular flexibility index (Phi) is 4.20. The Balaban J connectivity index is 1.77. The van der Waals surface area contributed by atoms with Crippen molar-refractivity contribution in [1.29, 1.82) is 0 Å². The lowest BCUT2D eigenvalue weighted by Crippen LogP contribution is -2.28. The highest BCUT2D eigenvalue weighted by atomic mass is 19.1. The number of aromatic nitrogens is 4. The van der Waals surface area contributed by atoms with E-state index in [1.807, 2.05) is 14.0 Å². The number of hydrogen-bond donors (Lipinski definition) is 2. The van der Waals surface area contributed by atoms with Gasteiger partial charge in [0.1, 0.15) is 29.4 Å². The summed E-state index contributed by atoms with van der Waals surface area (Å²) in [6, 6.07) is 4.42. The zero-order valence-electron chi connectivity index (χ0n) is 13.6. The van der Waals surface area contributed by atoms with Gasteiger partial charge in [-0.15, -0.1) is 10.2 Å². The molecule has 0 fully saturated rings. The van der Waals surface area contributed by atoms with E-state index in [4.69, 9.17) is 4.74 Å². The monoisotopic (exact) mass is 331 g/mol. The molecule has 2 aromatic heterocycles. The molecule has 0 spiro atoms. The second-order valence-electron chi connectivity index (χ2n) is 5.63. The molecule has 0 aliphatic rings. The van der Waals surface area contributed by atoms with Gasteiger partial charge < -0.3 is 19.6 Å². The van der Waals surface area contributed by atoms with Crippen molar-refractivity contribution < 1.29 is 13.9 Å². The van der Waals surface area contributed by atoms with Crippen LogP contribution in [-0.2, 0) is 7.05 Å². The number of halogens is 1. The summed E-state index contributed by atoms with van der Waals surface area (Å²) < 4.78 is 20.9. The lowest BCUT2D eigenvalue weighted by Gasteiger charge is -2.11. The molecule has 8 heteroatoms. The lowest BCUT2D eigenvalue weighted by atomic mass is 10.1. The summed E-state index contributed by atoms with van der Waals surface area (Å²) in [5, 5.41) is 11.2. The van der Waals surface area contributed by atoms with Crippen molar-refractivity contribution in [1.82, 2.24) is 25.1 Å². The number of benzene rings is 1. The van der Waals surface area contributed by atoms with Gasteiger partial charge in [0.05, 0.1) is 12.6 Å². The SMILES string of the molecule is COc1ccc(F)c2[nH]c(C(=O)NCC(C)c3nncn3C)cc12. The summed E-state index contributed by atoms with van der Waals surface area (Å²) in [6.45, 7) is 2.33. The van der Waals surface area contributed by atoms with E-state index in [9.17, 15) is 9.18 Å². The molecule has 1 aromatic carbocycles. The van der Waals surface area contributed by atoms with E-state index >= 15 is 0 Å². The summed E-state index contributed by atoms with van der Waals surface area (Å²) in [5.74, 6) is 0.532. The zero-order chi connectivity index (χ0) is 17.3. The largest absolute Gasteiger partial charge is 0.496 e. The van der Waals surface area contributed by atoms with E-state index in [1.54, 1.807) is 17.0 Å². The molecule has 3 rings (SSSR count). The van der Waals surface area contributed by atoms with E-state index in [0.29, 0.717) is 17.7 Å². The van der Waals surface area contributed by atoms with Crippen LogP contribution in [0.2, 0.25) is 0 Å². The van der Waals surface area contributed by atoms with Crippen molar-refractivity contribution in [3.05, 3.63) is 41.9 Å². The molecular formula is C16H18FN5O2. The predicted molar refractivity (Wildman–Crippen MR) is 86.6 cm³/mol. The summed E-state index contributed by atoms with van der Waals surface area (Å²) in [6.07, 6.45) is 1.61. The maximum atomic E-state index is 13.9. The van der Waals surface area contributed by atoms with Crippen molar-refractivity contribution in [2.45, 2.75) is 12.8 Å². The van der Waals surface area contributed by atoms with Gasteiger partial charge in [0.15, 0.2) is 0 Å². The zero-order valence-corrected chi connectivity index (χ0v) is 13.6. The van der Waals surface area contributed by atoms with Crippen LogP contribution in [0.1, 0.15) is 29.2 Å². The summed E-state index contributed by atoms with van der Waals surface area (Å²) in [7, 11) is 3.35. The molecule has 2 N–H and O–H groups in total. The van der Waals surface area contributed by atoms with Crippen LogP contribution >= 0.6 is 0 Å². The third-order valence-corrected chi connectivity index (χ3v) is 3.92. The van der Waals surface area contributed by atoms with Crippen LogP contribution in [-0.4, -0.2) is 39.3 Å². The number of amides is 1. The fraction of sp³-hybridized carbons (Fsp3) is 0.312. The summed E-state index contributed by atoms with van der Waals surface area (Å²) >= 11 is 0. The Morgan fingerprint density at radius 2 is 2.29 bits per heavy atom. The minimum Gasteiger partial charge on any atom is -0.496 e. The molecule has 1 atom stereocenters. The second-order valence-corrected chi connectivity index (χ2v) is 5.63. The number of carbonyl (C=O) groups excluding carboxylic acids is 1. The van der Waals surface area contributed by atoms with E-state index in [-0.39, 0.29) is 23.0 Å². The fourth-order valence-electron chi connectivity index (χ4n) is 2.63. The van der Waals surface area contributed by atoms with Crippen LogP contribution in [0.5, 0.6) is 5.75 Å². The fourth-order valence-corrected chi connectivity index (χ4v) is 2.63. The Morgan fingerprint density at radius 1 is 1.50 bits per heavy atom. The average molecular weight is 331 g/mol. The van der Waals surface area contributed by atoms with Crippen LogP contribution in [0, 0.1) is 5.82 Å². The van der Waals surface area contributed by atoms with Gasteiger partial charge in [-0.3, -0.25) is 4.79 Å². The third-order valence-electron chi connectivity index (χ3n) is 3.92. The molecule has 24 heavy (non-hydrogen) atoms. The number of nitrogens with one attached hydrogen (secondary N) is 2. The number of methoxy groups -OCH3 is 1. The molecule has 2 heterocycles. The van der Waals surface area contributed by atoms with Crippen molar-refractivity contribution in [3.8, 4) is 5.75 Å². The van der Waals surface area contributed by atoms with Crippen molar-refractivity contribution in [2.24, 2.45) is 7.05 Å². The number of rotatable bonds is 5. The molecule has 1 amide bonds. The van der Waals surface area contributed by atoms with Gasteiger partial charge in [0.2, 0.25) is 0 Å². The van der Waals surface area contributed by atoms with Gasteiger partial charge in [-0.25, -0.2) is 4.39 Å². The molecule has 0 radical (unpaired) electrons. The van der Waals surface area contributed by atoms with Crippen molar-refractivity contribution in [3.63, 3.8) is 0 Å². The minimum absolute atomic E-state index is 0.00268. The molecule has 126 valence electrons. The average Bonchev–Trinajstić information content (AvgIpc) is 3.20. The number of fused-ring (bicyclic) bond motifs is 1. The van der Waals surface area contributed by atoms with Crippen molar-refractivity contribution in [2.75, 3.05) is 13.7 Å². The van der Waals surface area contributed by atoms with Crippen LogP contribution in [0.4, 0.5) is 4.39 Å². The molecule has 0 saturated heterocycles. The quantitative estimate of drug-likeness (QED) is 0.749. The van der Waals surface area contributed by atoms with E-state index in [0.717, 1.165) is 5.82 Å². The van der Waals surface area contributed by atoms with Gasteiger partial charge in [0, 0.05) is 24.9 Å². The number of aromatic amines is 1. The van der Waals surface area contributed by atoms with Gasteiger partial charge in [-0.1, -0.05) is 6.92 Å². The van der Waals surface area contributed by atoms with Crippen LogP contribution in [0.3, 0.4) is 0 Å². The number of aryl methyl sites for hydroxylation is 1. The van der Waals surface area contributed by atoms with Gasteiger partial charge in [-0.05, 0) is 18.2 Å². The number of H-pyrrole nitrogens is 1. The highest BCUT2D eigenvalue weighted by Gasteiger charge is 2.17. The maximum absolute atomic E-state index is 13.9. The smallest absolute Gasteiger partial charge is 0.267 e. The first kappa shape index (κ1) is 16.0. The van der Waals surface area contributed by atoms with Gasteiger partial charge in [-0.2, -0.15) is 0 Å². The third kappa shape index (κ3) is 2.82. The Labute approximate surface area is 137 Å². The molecule has 1 unspecified atom stereocenters. The number of nitrogens with zero attached hydrogens (tertiary/aromatic N) is 3. The Bertz CT molecular complexity index is 886. The molecule has 7 nitrogen and oxygen atoms in total. The van der Waals surface area contributed by atoms with E-state index in [2.05, 4.69) is 20.5 Å². The standard InChI is InChI=1S/C16H18FN5O2/c1-9(15-21-19-8-22(15)2)7-18-16(23)12-6-10-13(24-3)5-4-11(17)14(10)20-12/h4-6,8-9,20H,7H2,1-3H3,(H,18,23). The van der Waals surface area contributed by atoms with E-state index < -0.39 is 5.82 Å². The lowest BCUT2D eigenvalue weighted by molar-refractivity contribution is 0.0947. The first-order valence-corrected chi connectivity index (χ1v) is 7.48. The Hall–Kier alpha value is -2.90. The van der Waals surface area contributed by atoms with Crippen LogP contribution in [0.25, 0.3) is 10.9 Å². The molecule has 0 bridgehead atoms. The van der Waals surface area contributed by atoms with Crippen molar-refractivity contribution >= 4 is 16.8 Å². The molecule has 0 aliphatic carbocycles. The minimum atomic E-state index is -0.433. The number of carbonyl (C=O) groups is 1. The topological polar surface area (TPSA) is 84.8 Å². The Morgan fingerprint density at radius 3 is 2.96 bits per heavy atom. The maximum Gasteiger partial charge on any atom is 0.267 e. The highest BCUT2D eigenvalue weighted by molar-refractivity contribution is 5.99. The number of hydrogen-bond acceptors (Lipinski definition) is 4. The van der Waals surface area contributed by atoms with Crippen LogP contribution in [0.15, 0.2) is 24.5 Å². The number of ether oxygens (including phenoxy) is 1. The van der Waals surface area contributed by atoms with Crippen LogP contribution < -0.4 is 10.1 Å². The van der Waals surface area contributed by atoms with E-state index in [1.165, 1.54) is 19.2 Å².